The highest BCUT2D eigenvalue weighted by Gasteiger charge is 2.03. The zero-order valence-corrected chi connectivity index (χ0v) is 9.01. The van der Waals surface area contributed by atoms with Gasteiger partial charge in [0.15, 0.2) is 0 Å². The maximum Gasteiger partial charge on any atom is 0.0494 e. The molecule has 0 heterocycles. The number of hydrogen-bond acceptors (Lipinski definition) is 1. The van der Waals surface area contributed by atoms with Gasteiger partial charge in [0.1, 0.15) is 0 Å². The molecule has 72 valence electrons. The smallest absolute Gasteiger partial charge is 0.0494 e. The first-order valence-electron chi connectivity index (χ1n) is 4.64. The van der Waals surface area contributed by atoms with Crippen molar-refractivity contribution in [1.82, 2.24) is 0 Å². The molecule has 13 heavy (non-hydrogen) atoms. The molecule has 1 nitrogen and oxygen atoms in total. The molecule has 0 saturated carbocycles. The SMILES string of the molecule is CCCN(C)c1ccccc1CCl. The average Bonchev–Trinajstić information content (AvgIpc) is 2.18. The lowest BCUT2D eigenvalue weighted by atomic mass is 10.2. The lowest BCUT2D eigenvalue weighted by molar-refractivity contribution is 0.848. The minimum absolute atomic E-state index is 0.588. The fourth-order valence-electron chi connectivity index (χ4n) is 1.45. The summed E-state index contributed by atoms with van der Waals surface area (Å²) in [6, 6.07) is 8.28. The molecule has 0 aliphatic heterocycles. The van der Waals surface area contributed by atoms with E-state index in [0.29, 0.717) is 5.88 Å². The summed E-state index contributed by atoms with van der Waals surface area (Å²) >= 11 is 5.85. The maximum atomic E-state index is 5.85. The zero-order chi connectivity index (χ0) is 9.68. The maximum absolute atomic E-state index is 5.85. The van der Waals surface area contributed by atoms with Gasteiger partial charge in [-0.25, -0.2) is 0 Å². The number of nitrogens with zero attached hydrogens (tertiary/aromatic N) is 1. The van der Waals surface area contributed by atoms with Crippen LogP contribution >= 0.6 is 11.6 Å². The predicted octanol–water partition coefficient (Wildman–Crippen LogP) is 3.27. The van der Waals surface area contributed by atoms with Crippen molar-refractivity contribution in [3.8, 4) is 0 Å². The van der Waals surface area contributed by atoms with Crippen LogP contribution in [0.4, 0.5) is 5.69 Å². The van der Waals surface area contributed by atoms with Gasteiger partial charge in [-0.2, -0.15) is 0 Å². The van der Waals surface area contributed by atoms with E-state index in [1.807, 2.05) is 6.07 Å². The minimum Gasteiger partial charge on any atom is -0.374 e. The van der Waals surface area contributed by atoms with Crippen molar-refractivity contribution in [3.63, 3.8) is 0 Å². The first-order chi connectivity index (χ1) is 6.29. The highest BCUT2D eigenvalue weighted by Crippen LogP contribution is 2.20. The Bertz CT molecular complexity index is 260. The van der Waals surface area contributed by atoms with Crippen molar-refractivity contribution in [3.05, 3.63) is 29.8 Å². The predicted molar refractivity (Wildman–Crippen MR) is 59.6 cm³/mol. The van der Waals surface area contributed by atoms with Crippen LogP contribution in [0.2, 0.25) is 0 Å². The first kappa shape index (κ1) is 10.4. The van der Waals surface area contributed by atoms with Gasteiger partial charge in [-0.3, -0.25) is 0 Å². The molecule has 0 aromatic heterocycles. The van der Waals surface area contributed by atoms with E-state index >= 15 is 0 Å². The third kappa shape index (κ3) is 2.63. The van der Waals surface area contributed by atoms with Gasteiger partial charge in [0, 0.05) is 25.2 Å². The van der Waals surface area contributed by atoms with E-state index in [2.05, 4.69) is 37.1 Å². The van der Waals surface area contributed by atoms with E-state index in [9.17, 15) is 0 Å². The molecule has 0 aliphatic rings. The van der Waals surface area contributed by atoms with Crippen molar-refractivity contribution in [2.24, 2.45) is 0 Å². The van der Waals surface area contributed by atoms with Crippen molar-refractivity contribution in [1.29, 1.82) is 0 Å². The summed E-state index contributed by atoms with van der Waals surface area (Å²) in [5.74, 6) is 0.588. The summed E-state index contributed by atoms with van der Waals surface area (Å²) < 4.78 is 0. The second-order valence-electron chi connectivity index (χ2n) is 3.18. The number of rotatable bonds is 4. The second kappa shape index (κ2) is 5.13. The van der Waals surface area contributed by atoms with Gasteiger partial charge >= 0.3 is 0 Å². The monoisotopic (exact) mass is 197 g/mol. The van der Waals surface area contributed by atoms with Gasteiger partial charge in [-0.15, -0.1) is 11.6 Å². The van der Waals surface area contributed by atoms with Crippen LogP contribution in [-0.4, -0.2) is 13.6 Å². The Morgan fingerprint density at radius 2 is 2.00 bits per heavy atom. The molecule has 0 unspecified atom stereocenters. The van der Waals surface area contributed by atoms with Gasteiger partial charge < -0.3 is 4.90 Å². The minimum atomic E-state index is 0.588. The summed E-state index contributed by atoms with van der Waals surface area (Å²) in [5, 5.41) is 0. The number of alkyl halides is 1. The summed E-state index contributed by atoms with van der Waals surface area (Å²) in [4.78, 5) is 2.25. The summed E-state index contributed by atoms with van der Waals surface area (Å²) in [6.07, 6.45) is 1.16. The molecule has 0 radical (unpaired) electrons. The Labute approximate surface area is 85.3 Å². The Kier molecular flexibility index (Phi) is 4.10. The van der Waals surface area contributed by atoms with Crippen LogP contribution in [-0.2, 0) is 5.88 Å². The highest BCUT2D eigenvalue weighted by atomic mass is 35.5. The first-order valence-corrected chi connectivity index (χ1v) is 5.18. The van der Waals surface area contributed by atoms with E-state index in [1.165, 1.54) is 11.3 Å². The standard InChI is InChI=1S/C11H16ClN/c1-3-8-13(2)11-7-5-4-6-10(11)9-12/h4-7H,3,8-9H2,1-2H3. The van der Waals surface area contributed by atoms with Crippen LogP contribution in [0, 0.1) is 0 Å². The van der Waals surface area contributed by atoms with Crippen LogP contribution in [0.3, 0.4) is 0 Å². The van der Waals surface area contributed by atoms with Crippen molar-refractivity contribution in [2.75, 3.05) is 18.5 Å². The largest absolute Gasteiger partial charge is 0.374 e. The molecule has 1 aromatic carbocycles. The van der Waals surface area contributed by atoms with E-state index in [1.54, 1.807) is 0 Å². The van der Waals surface area contributed by atoms with Crippen molar-refractivity contribution in [2.45, 2.75) is 19.2 Å². The molecule has 0 spiro atoms. The molecule has 0 bridgehead atoms. The third-order valence-electron chi connectivity index (χ3n) is 2.11. The van der Waals surface area contributed by atoms with Crippen LogP contribution in [0.5, 0.6) is 0 Å². The Morgan fingerprint density at radius 3 is 2.62 bits per heavy atom. The molecule has 0 aliphatic carbocycles. The molecule has 1 rings (SSSR count). The van der Waals surface area contributed by atoms with E-state index in [0.717, 1.165) is 13.0 Å². The quantitative estimate of drug-likeness (QED) is 0.670. The van der Waals surface area contributed by atoms with Crippen LogP contribution < -0.4 is 4.90 Å². The number of hydrogen-bond donors (Lipinski definition) is 0. The van der Waals surface area contributed by atoms with Crippen LogP contribution in [0.15, 0.2) is 24.3 Å². The lowest BCUT2D eigenvalue weighted by Gasteiger charge is -2.20. The van der Waals surface area contributed by atoms with Gasteiger partial charge in [0.2, 0.25) is 0 Å². The normalized spacial score (nSPS) is 10.1. The molecule has 0 saturated heterocycles. The molecule has 1 aromatic rings. The summed E-state index contributed by atoms with van der Waals surface area (Å²) in [7, 11) is 2.11. The third-order valence-corrected chi connectivity index (χ3v) is 2.39. The Balaban J connectivity index is 2.85. The van der Waals surface area contributed by atoms with E-state index in [4.69, 9.17) is 11.6 Å². The zero-order valence-electron chi connectivity index (χ0n) is 8.26. The Hall–Kier alpha value is -0.690. The van der Waals surface area contributed by atoms with Gasteiger partial charge in [-0.1, -0.05) is 25.1 Å². The fraction of sp³-hybridized carbons (Fsp3) is 0.455. The van der Waals surface area contributed by atoms with Gasteiger partial charge in [-0.05, 0) is 18.1 Å². The summed E-state index contributed by atoms with van der Waals surface area (Å²) in [6.45, 7) is 3.26. The molecule has 0 fully saturated rings. The van der Waals surface area contributed by atoms with E-state index in [-0.39, 0.29) is 0 Å². The molecule has 0 amide bonds. The molecular formula is C11H16ClN. The van der Waals surface area contributed by atoms with Crippen LogP contribution in [0.1, 0.15) is 18.9 Å². The highest BCUT2D eigenvalue weighted by molar-refractivity contribution is 6.17. The van der Waals surface area contributed by atoms with Gasteiger partial charge in [0.05, 0.1) is 0 Å². The molecule has 2 heteroatoms. The Morgan fingerprint density at radius 1 is 1.31 bits per heavy atom. The van der Waals surface area contributed by atoms with Crippen molar-refractivity contribution >= 4 is 17.3 Å². The fourth-order valence-corrected chi connectivity index (χ4v) is 1.68. The number of halogens is 1. The van der Waals surface area contributed by atoms with Crippen LogP contribution in [0.25, 0.3) is 0 Å². The number of anilines is 1. The topological polar surface area (TPSA) is 3.24 Å². The molecular weight excluding hydrogens is 182 g/mol. The molecule has 0 N–H and O–H groups in total. The second-order valence-corrected chi connectivity index (χ2v) is 3.45. The molecule has 0 atom stereocenters. The number of para-hydroxylation sites is 1. The lowest BCUT2D eigenvalue weighted by Crippen LogP contribution is -2.18. The average molecular weight is 198 g/mol. The van der Waals surface area contributed by atoms with Crippen molar-refractivity contribution < 1.29 is 0 Å². The van der Waals surface area contributed by atoms with Gasteiger partial charge in [0.25, 0.3) is 0 Å². The number of benzene rings is 1. The summed E-state index contributed by atoms with van der Waals surface area (Å²) in [5.41, 5.74) is 2.46. The van der Waals surface area contributed by atoms with E-state index < -0.39 is 0 Å².